The largest absolute Gasteiger partial charge is 0.381 e. The maximum absolute atomic E-state index is 11.9. The van der Waals surface area contributed by atoms with Gasteiger partial charge in [-0.25, -0.2) is 0 Å². The Kier molecular flexibility index (Phi) is 3.92. The van der Waals surface area contributed by atoms with Crippen molar-refractivity contribution in [2.75, 3.05) is 31.5 Å². The van der Waals surface area contributed by atoms with Crippen molar-refractivity contribution in [1.29, 1.82) is 0 Å². The van der Waals surface area contributed by atoms with E-state index in [4.69, 9.17) is 0 Å². The van der Waals surface area contributed by atoms with Crippen LogP contribution in [0.3, 0.4) is 0 Å². The van der Waals surface area contributed by atoms with Crippen LogP contribution in [0.5, 0.6) is 0 Å². The van der Waals surface area contributed by atoms with Crippen molar-refractivity contribution in [3.8, 4) is 0 Å². The maximum atomic E-state index is 11.9. The molecule has 108 valence electrons. The lowest BCUT2D eigenvalue weighted by atomic mass is 9.84. The van der Waals surface area contributed by atoms with Crippen molar-refractivity contribution >= 4 is 11.6 Å². The lowest BCUT2D eigenvalue weighted by Gasteiger charge is -2.45. The van der Waals surface area contributed by atoms with Crippen LogP contribution in [0, 0.1) is 5.92 Å². The number of piperidine rings is 3. The second kappa shape index (κ2) is 5.83. The predicted molar refractivity (Wildman–Crippen MR) is 81.0 cm³/mol. The SMILES string of the molecule is CCNC(=O)c1cccc(NC2CN3CCC2CC3)c1. The number of hydrogen-bond donors (Lipinski definition) is 2. The van der Waals surface area contributed by atoms with Crippen LogP contribution < -0.4 is 10.6 Å². The average molecular weight is 273 g/mol. The number of nitrogens with zero attached hydrogens (tertiary/aromatic N) is 1. The summed E-state index contributed by atoms with van der Waals surface area (Å²) in [6.45, 7) is 6.24. The molecule has 3 saturated heterocycles. The summed E-state index contributed by atoms with van der Waals surface area (Å²) < 4.78 is 0. The third kappa shape index (κ3) is 2.80. The van der Waals surface area contributed by atoms with E-state index in [1.54, 1.807) is 0 Å². The van der Waals surface area contributed by atoms with Gasteiger partial charge in [0.05, 0.1) is 0 Å². The average Bonchev–Trinajstić information content (AvgIpc) is 2.49. The summed E-state index contributed by atoms with van der Waals surface area (Å²) >= 11 is 0. The van der Waals surface area contributed by atoms with Gasteiger partial charge in [0, 0.05) is 30.4 Å². The van der Waals surface area contributed by atoms with Crippen LogP contribution in [0.2, 0.25) is 0 Å². The van der Waals surface area contributed by atoms with Gasteiger partial charge in [-0.1, -0.05) is 6.07 Å². The topological polar surface area (TPSA) is 44.4 Å². The summed E-state index contributed by atoms with van der Waals surface area (Å²) in [5, 5.41) is 6.47. The van der Waals surface area contributed by atoms with Crippen molar-refractivity contribution in [1.82, 2.24) is 10.2 Å². The Balaban J connectivity index is 1.68. The molecule has 0 aromatic heterocycles. The number of anilines is 1. The lowest BCUT2D eigenvalue weighted by molar-refractivity contribution is 0.0955. The van der Waals surface area contributed by atoms with E-state index in [9.17, 15) is 4.79 Å². The Morgan fingerprint density at radius 2 is 2.15 bits per heavy atom. The van der Waals surface area contributed by atoms with Crippen LogP contribution in [0.25, 0.3) is 0 Å². The minimum Gasteiger partial charge on any atom is -0.381 e. The molecule has 0 saturated carbocycles. The van der Waals surface area contributed by atoms with E-state index >= 15 is 0 Å². The molecule has 3 heterocycles. The molecule has 0 radical (unpaired) electrons. The van der Waals surface area contributed by atoms with Crippen LogP contribution in [0.15, 0.2) is 24.3 Å². The van der Waals surface area contributed by atoms with E-state index in [-0.39, 0.29) is 5.91 Å². The van der Waals surface area contributed by atoms with E-state index in [0.717, 1.165) is 23.7 Å². The molecule has 4 nitrogen and oxygen atoms in total. The zero-order chi connectivity index (χ0) is 13.9. The van der Waals surface area contributed by atoms with Crippen LogP contribution >= 0.6 is 0 Å². The first-order valence-electron chi connectivity index (χ1n) is 7.63. The minimum atomic E-state index is 0.00469. The third-order valence-electron chi connectivity index (χ3n) is 4.47. The number of benzene rings is 1. The van der Waals surface area contributed by atoms with Gasteiger partial charge in [-0.05, 0) is 57.0 Å². The minimum absolute atomic E-state index is 0.00469. The standard InChI is InChI=1S/C16H23N3O/c1-2-17-16(20)13-4-3-5-14(10-13)18-15-11-19-8-6-12(15)7-9-19/h3-5,10,12,15,18H,2,6-9,11H2,1H3,(H,17,20). The first-order chi connectivity index (χ1) is 9.76. The first kappa shape index (κ1) is 13.4. The Morgan fingerprint density at radius 3 is 2.80 bits per heavy atom. The molecule has 3 aliphatic heterocycles. The number of fused-ring (bicyclic) bond motifs is 3. The van der Waals surface area contributed by atoms with Crippen molar-refractivity contribution in [3.63, 3.8) is 0 Å². The van der Waals surface area contributed by atoms with E-state index < -0.39 is 0 Å². The number of nitrogens with one attached hydrogen (secondary N) is 2. The number of rotatable bonds is 4. The Labute approximate surface area is 120 Å². The molecular formula is C16H23N3O. The lowest BCUT2D eigenvalue weighted by Crippen LogP contribution is -2.53. The summed E-state index contributed by atoms with van der Waals surface area (Å²) in [5.41, 5.74) is 1.80. The second-order valence-corrected chi connectivity index (χ2v) is 5.83. The summed E-state index contributed by atoms with van der Waals surface area (Å²) in [7, 11) is 0. The van der Waals surface area contributed by atoms with E-state index in [1.807, 2.05) is 25.1 Å². The molecule has 4 rings (SSSR count). The number of carbonyl (C=O) groups excluding carboxylic acids is 1. The molecule has 0 aliphatic carbocycles. The molecule has 4 heteroatoms. The van der Waals surface area contributed by atoms with Crippen molar-refractivity contribution < 1.29 is 4.79 Å². The van der Waals surface area contributed by atoms with Crippen LogP contribution in [0.4, 0.5) is 5.69 Å². The number of amides is 1. The highest BCUT2D eigenvalue weighted by molar-refractivity contribution is 5.95. The zero-order valence-corrected chi connectivity index (χ0v) is 12.1. The van der Waals surface area contributed by atoms with Gasteiger partial charge in [-0.2, -0.15) is 0 Å². The Bertz CT molecular complexity index is 480. The number of hydrogen-bond acceptors (Lipinski definition) is 3. The third-order valence-corrected chi connectivity index (χ3v) is 4.47. The molecule has 1 atom stereocenters. The molecule has 1 amide bonds. The molecule has 3 fully saturated rings. The van der Waals surface area contributed by atoms with Crippen LogP contribution in [0.1, 0.15) is 30.1 Å². The highest BCUT2D eigenvalue weighted by atomic mass is 16.1. The first-order valence-corrected chi connectivity index (χ1v) is 7.63. The van der Waals surface area contributed by atoms with Crippen molar-refractivity contribution in [2.45, 2.75) is 25.8 Å². The van der Waals surface area contributed by atoms with Crippen LogP contribution in [-0.2, 0) is 0 Å². The van der Waals surface area contributed by atoms with Crippen molar-refractivity contribution in [3.05, 3.63) is 29.8 Å². The molecule has 20 heavy (non-hydrogen) atoms. The molecule has 1 aromatic rings. The highest BCUT2D eigenvalue weighted by Gasteiger charge is 2.33. The monoisotopic (exact) mass is 273 g/mol. The fourth-order valence-corrected chi connectivity index (χ4v) is 3.36. The van der Waals surface area contributed by atoms with E-state index in [1.165, 1.54) is 25.9 Å². The van der Waals surface area contributed by atoms with Gasteiger partial charge < -0.3 is 15.5 Å². The van der Waals surface area contributed by atoms with Gasteiger partial charge in [0.1, 0.15) is 0 Å². The smallest absolute Gasteiger partial charge is 0.251 e. The second-order valence-electron chi connectivity index (χ2n) is 5.83. The molecule has 0 spiro atoms. The summed E-state index contributed by atoms with van der Waals surface area (Å²) in [5.74, 6) is 0.790. The molecule has 2 N–H and O–H groups in total. The van der Waals surface area contributed by atoms with Crippen LogP contribution in [-0.4, -0.2) is 43.0 Å². The summed E-state index contributed by atoms with van der Waals surface area (Å²) in [4.78, 5) is 14.4. The molecule has 1 unspecified atom stereocenters. The fraction of sp³-hybridized carbons (Fsp3) is 0.562. The maximum Gasteiger partial charge on any atom is 0.251 e. The molecular weight excluding hydrogens is 250 g/mol. The van der Waals surface area contributed by atoms with Gasteiger partial charge in [0.2, 0.25) is 0 Å². The zero-order valence-electron chi connectivity index (χ0n) is 12.1. The number of carbonyl (C=O) groups is 1. The summed E-state index contributed by atoms with van der Waals surface area (Å²) in [6.07, 6.45) is 2.60. The summed E-state index contributed by atoms with van der Waals surface area (Å²) in [6, 6.07) is 8.37. The van der Waals surface area contributed by atoms with Gasteiger partial charge >= 0.3 is 0 Å². The van der Waals surface area contributed by atoms with E-state index in [0.29, 0.717) is 12.6 Å². The van der Waals surface area contributed by atoms with Gasteiger partial charge in [0.25, 0.3) is 5.91 Å². The predicted octanol–water partition coefficient (Wildman–Crippen LogP) is 1.94. The molecule has 3 aliphatic rings. The fourth-order valence-electron chi connectivity index (χ4n) is 3.36. The quantitative estimate of drug-likeness (QED) is 0.881. The van der Waals surface area contributed by atoms with Gasteiger partial charge in [-0.15, -0.1) is 0 Å². The van der Waals surface area contributed by atoms with Gasteiger partial charge in [0.15, 0.2) is 0 Å². The van der Waals surface area contributed by atoms with Gasteiger partial charge in [-0.3, -0.25) is 4.79 Å². The molecule has 2 bridgehead atoms. The normalized spacial score (nSPS) is 28.1. The Hall–Kier alpha value is -1.55. The Morgan fingerprint density at radius 1 is 1.35 bits per heavy atom. The molecule has 1 aromatic carbocycles. The highest BCUT2D eigenvalue weighted by Crippen LogP contribution is 2.29. The van der Waals surface area contributed by atoms with Crippen molar-refractivity contribution in [2.24, 2.45) is 5.92 Å². The van der Waals surface area contributed by atoms with E-state index in [2.05, 4.69) is 21.6 Å².